The van der Waals surface area contributed by atoms with E-state index in [1.165, 1.54) is 31.7 Å². The molecule has 0 aliphatic heterocycles. The number of hydrogen-bond donors (Lipinski definition) is 1. The molecule has 0 saturated heterocycles. The van der Waals surface area contributed by atoms with Gasteiger partial charge in [0, 0.05) is 12.2 Å². The molecule has 0 bridgehead atoms. The minimum atomic E-state index is -0.219. The number of aromatic nitrogens is 2. The van der Waals surface area contributed by atoms with Crippen molar-refractivity contribution >= 4 is 5.95 Å². The van der Waals surface area contributed by atoms with Gasteiger partial charge in [0.25, 0.3) is 0 Å². The lowest BCUT2D eigenvalue weighted by Crippen LogP contribution is -2.18. The van der Waals surface area contributed by atoms with Crippen LogP contribution in [0.2, 0.25) is 0 Å². The molecule has 4 heteroatoms. The molecule has 1 aliphatic rings. The Bertz CT molecular complexity index is 612. The quantitative estimate of drug-likeness (QED) is 0.916. The maximum absolute atomic E-state index is 13.5. The number of aryl methyl sites for hydroxylation is 2. The van der Waals surface area contributed by atoms with E-state index in [1.54, 1.807) is 12.1 Å². The molecular formula is C16H20FN3. The number of hydrogen-bond acceptors (Lipinski definition) is 2. The molecule has 0 spiro atoms. The first-order valence-corrected chi connectivity index (χ1v) is 7.22. The van der Waals surface area contributed by atoms with Gasteiger partial charge in [-0.3, -0.25) is 4.57 Å². The molecule has 2 aromatic rings. The van der Waals surface area contributed by atoms with Crippen LogP contribution in [0, 0.1) is 19.7 Å². The van der Waals surface area contributed by atoms with Crippen molar-refractivity contribution in [2.45, 2.75) is 45.6 Å². The number of halogens is 1. The number of benzene rings is 1. The van der Waals surface area contributed by atoms with Crippen LogP contribution in [0.15, 0.2) is 24.4 Å². The summed E-state index contributed by atoms with van der Waals surface area (Å²) in [7, 11) is 0. The number of nitrogens with zero attached hydrogens (tertiary/aromatic N) is 2. The zero-order chi connectivity index (χ0) is 14.1. The third-order valence-electron chi connectivity index (χ3n) is 3.95. The average molecular weight is 273 g/mol. The van der Waals surface area contributed by atoms with Crippen LogP contribution in [0.5, 0.6) is 0 Å². The first-order chi connectivity index (χ1) is 9.63. The molecule has 1 aromatic heterocycles. The van der Waals surface area contributed by atoms with E-state index < -0.39 is 0 Å². The smallest absolute Gasteiger partial charge is 0.207 e. The lowest BCUT2D eigenvalue weighted by atomic mass is 10.2. The minimum Gasteiger partial charge on any atom is -0.353 e. The second kappa shape index (κ2) is 5.27. The van der Waals surface area contributed by atoms with E-state index in [-0.39, 0.29) is 5.82 Å². The van der Waals surface area contributed by atoms with E-state index in [0.29, 0.717) is 6.04 Å². The van der Waals surface area contributed by atoms with Gasteiger partial charge in [-0.25, -0.2) is 9.37 Å². The molecule has 0 amide bonds. The van der Waals surface area contributed by atoms with E-state index in [9.17, 15) is 4.39 Å². The summed E-state index contributed by atoms with van der Waals surface area (Å²) in [5.41, 5.74) is 2.83. The van der Waals surface area contributed by atoms with Crippen molar-refractivity contribution in [1.29, 1.82) is 0 Å². The Morgan fingerprint density at radius 1 is 1.25 bits per heavy atom. The van der Waals surface area contributed by atoms with Crippen molar-refractivity contribution in [1.82, 2.24) is 9.55 Å². The summed E-state index contributed by atoms with van der Waals surface area (Å²) in [5.74, 6) is 0.604. The number of nitrogens with one attached hydrogen (secondary N) is 1. The zero-order valence-corrected chi connectivity index (χ0v) is 12.0. The first kappa shape index (κ1) is 13.2. The molecule has 1 fully saturated rings. The number of rotatable bonds is 3. The second-order valence-corrected chi connectivity index (χ2v) is 5.63. The summed E-state index contributed by atoms with van der Waals surface area (Å²) in [4.78, 5) is 4.55. The molecule has 1 heterocycles. The van der Waals surface area contributed by atoms with E-state index in [2.05, 4.69) is 10.3 Å². The highest BCUT2D eigenvalue weighted by Gasteiger charge is 2.18. The summed E-state index contributed by atoms with van der Waals surface area (Å²) >= 11 is 0. The molecule has 0 unspecified atom stereocenters. The zero-order valence-electron chi connectivity index (χ0n) is 12.0. The molecule has 0 atom stereocenters. The fraction of sp³-hybridized carbons (Fsp3) is 0.438. The topological polar surface area (TPSA) is 29.9 Å². The summed E-state index contributed by atoms with van der Waals surface area (Å²) < 4.78 is 15.5. The third kappa shape index (κ3) is 2.55. The van der Waals surface area contributed by atoms with Crippen LogP contribution in [-0.4, -0.2) is 15.6 Å². The Morgan fingerprint density at radius 3 is 2.75 bits per heavy atom. The average Bonchev–Trinajstić information content (AvgIpc) is 3.03. The van der Waals surface area contributed by atoms with Crippen molar-refractivity contribution in [3.8, 4) is 5.69 Å². The molecule has 106 valence electrons. The van der Waals surface area contributed by atoms with Crippen molar-refractivity contribution in [3.05, 3.63) is 41.5 Å². The van der Waals surface area contributed by atoms with Gasteiger partial charge in [-0.2, -0.15) is 0 Å². The Hall–Kier alpha value is -1.84. The maximum atomic E-state index is 13.5. The number of anilines is 1. The van der Waals surface area contributed by atoms with Crippen molar-refractivity contribution < 1.29 is 4.39 Å². The molecule has 1 aromatic carbocycles. The van der Waals surface area contributed by atoms with Crippen LogP contribution in [0.25, 0.3) is 5.69 Å². The van der Waals surface area contributed by atoms with Gasteiger partial charge in [-0.1, -0.05) is 18.9 Å². The highest BCUT2D eigenvalue weighted by Crippen LogP contribution is 2.25. The van der Waals surface area contributed by atoms with Gasteiger partial charge in [0.05, 0.1) is 11.4 Å². The highest BCUT2D eigenvalue weighted by molar-refractivity contribution is 5.48. The van der Waals surface area contributed by atoms with Crippen molar-refractivity contribution in [3.63, 3.8) is 0 Å². The van der Waals surface area contributed by atoms with Gasteiger partial charge < -0.3 is 5.32 Å². The molecule has 20 heavy (non-hydrogen) atoms. The van der Waals surface area contributed by atoms with Gasteiger partial charge in [-0.15, -0.1) is 0 Å². The molecule has 1 N–H and O–H groups in total. The maximum Gasteiger partial charge on any atom is 0.207 e. The fourth-order valence-corrected chi connectivity index (χ4v) is 2.88. The van der Waals surface area contributed by atoms with Crippen LogP contribution in [0.4, 0.5) is 10.3 Å². The summed E-state index contributed by atoms with van der Waals surface area (Å²) in [6.45, 7) is 3.95. The fourth-order valence-electron chi connectivity index (χ4n) is 2.88. The molecule has 3 rings (SSSR count). The monoisotopic (exact) mass is 273 g/mol. The van der Waals surface area contributed by atoms with E-state index in [1.807, 2.05) is 24.6 Å². The molecule has 0 radical (unpaired) electrons. The molecule has 3 nitrogen and oxygen atoms in total. The Balaban J connectivity index is 1.97. The Kier molecular flexibility index (Phi) is 3.47. The first-order valence-electron chi connectivity index (χ1n) is 7.22. The van der Waals surface area contributed by atoms with Gasteiger partial charge in [0.1, 0.15) is 5.82 Å². The molecule has 1 aliphatic carbocycles. The van der Waals surface area contributed by atoms with Gasteiger partial charge in [0.15, 0.2) is 0 Å². The van der Waals surface area contributed by atoms with Crippen LogP contribution >= 0.6 is 0 Å². The summed E-state index contributed by atoms with van der Waals surface area (Å²) in [5, 5.41) is 3.50. The van der Waals surface area contributed by atoms with Crippen LogP contribution in [-0.2, 0) is 0 Å². The van der Waals surface area contributed by atoms with Crippen molar-refractivity contribution in [2.75, 3.05) is 5.32 Å². The van der Waals surface area contributed by atoms with E-state index >= 15 is 0 Å². The van der Waals surface area contributed by atoms with Crippen LogP contribution < -0.4 is 5.32 Å². The minimum absolute atomic E-state index is 0.219. The second-order valence-electron chi connectivity index (χ2n) is 5.63. The number of imidazole rings is 1. The Morgan fingerprint density at radius 2 is 2.00 bits per heavy atom. The van der Waals surface area contributed by atoms with Gasteiger partial charge in [-0.05, 0) is 44.4 Å². The Labute approximate surface area is 118 Å². The van der Waals surface area contributed by atoms with E-state index in [0.717, 1.165) is 22.9 Å². The molecule has 1 saturated carbocycles. The van der Waals surface area contributed by atoms with E-state index in [4.69, 9.17) is 0 Å². The standard InChI is InChI=1S/C16H20FN3/c1-11-7-8-13(17)9-15(11)20-10-12(2)18-16(20)19-14-5-3-4-6-14/h7-10,14H,3-6H2,1-2H3,(H,18,19). The third-order valence-corrected chi connectivity index (χ3v) is 3.95. The highest BCUT2D eigenvalue weighted by atomic mass is 19.1. The largest absolute Gasteiger partial charge is 0.353 e. The predicted octanol–water partition coefficient (Wildman–Crippen LogP) is 3.98. The van der Waals surface area contributed by atoms with Crippen LogP contribution in [0.3, 0.4) is 0 Å². The van der Waals surface area contributed by atoms with Gasteiger partial charge >= 0.3 is 0 Å². The summed E-state index contributed by atoms with van der Waals surface area (Å²) in [6.07, 6.45) is 6.88. The lowest BCUT2D eigenvalue weighted by molar-refractivity contribution is 0.626. The normalized spacial score (nSPS) is 15.8. The SMILES string of the molecule is Cc1cn(-c2cc(F)ccc2C)c(NC2CCCC2)n1. The summed E-state index contributed by atoms with van der Waals surface area (Å²) in [6, 6.07) is 5.35. The molecular weight excluding hydrogens is 253 g/mol. The van der Waals surface area contributed by atoms with Crippen LogP contribution in [0.1, 0.15) is 36.9 Å². The predicted molar refractivity (Wildman–Crippen MR) is 78.9 cm³/mol. The van der Waals surface area contributed by atoms with Gasteiger partial charge in [0.2, 0.25) is 5.95 Å². The van der Waals surface area contributed by atoms with Crippen molar-refractivity contribution in [2.24, 2.45) is 0 Å². The lowest BCUT2D eigenvalue weighted by Gasteiger charge is -2.16.